The zero-order valence-corrected chi connectivity index (χ0v) is 12.0. The second-order valence-electron chi connectivity index (χ2n) is 5.75. The smallest absolute Gasteiger partial charge is 0.184 e. The number of aromatic nitrogens is 4. The fourth-order valence-corrected chi connectivity index (χ4v) is 3.05. The Morgan fingerprint density at radius 1 is 1.24 bits per heavy atom. The predicted molar refractivity (Wildman–Crippen MR) is 78.8 cm³/mol. The van der Waals surface area contributed by atoms with Crippen molar-refractivity contribution < 1.29 is 4.39 Å². The zero-order chi connectivity index (χ0) is 14.7. The van der Waals surface area contributed by atoms with Gasteiger partial charge in [0.05, 0.1) is 0 Å². The highest BCUT2D eigenvalue weighted by atomic mass is 19.1. The van der Waals surface area contributed by atoms with Gasteiger partial charge in [0, 0.05) is 17.8 Å². The first kappa shape index (κ1) is 14.0. The van der Waals surface area contributed by atoms with Gasteiger partial charge in [-0.25, -0.2) is 9.07 Å². The Kier molecular flexibility index (Phi) is 4.13. The van der Waals surface area contributed by atoms with Gasteiger partial charge in [0.1, 0.15) is 5.82 Å². The molecule has 3 rings (SSSR count). The number of benzene rings is 1. The van der Waals surface area contributed by atoms with Gasteiger partial charge in [0.15, 0.2) is 5.82 Å². The van der Waals surface area contributed by atoms with E-state index < -0.39 is 0 Å². The molecule has 0 radical (unpaired) electrons. The molecule has 1 aromatic heterocycles. The maximum Gasteiger partial charge on any atom is 0.184 e. The Morgan fingerprint density at radius 2 is 2.05 bits per heavy atom. The van der Waals surface area contributed by atoms with Gasteiger partial charge in [-0.3, -0.25) is 0 Å². The van der Waals surface area contributed by atoms with Crippen LogP contribution in [-0.2, 0) is 6.54 Å². The van der Waals surface area contributed by atoms with E-state index in [1.165, 1.54) is 44.2 Å². The van der Waals surface area contributed by atoms with Crippen molar-refractivity contribution in [2.45, 2.75) is 45.1 Å². The standard InChI is InChI=1S/C15H20FN5/c16-12-6-7-14(17)13(10-12)15-18-19-20-21(15)9-8-11-4-2-1-3-5-11/h6-7,10-11H,1-5,8-9,17H2. The molecule has 5 nitrogen and oxygen atoms in total. The van der Waals surface area contributed by atoms with Crippen LogP contribution in [0.3, 0.4) is 0 Å². The average Bonchev–Trinajstić information content (AvgIpc) is 2.97. The molecule has 0 bridgehead atoms. The van der Waals surface area contributed by atoms with E-state index in [-0.39, 0.29) is 5.82 Å². The van der Waals surface area contributed by atoms with E-state index in [0.717, 1.165) is 18.9 Å². The van der Waals surface area contributed by atoms with Crippen molar-refractivity contribution in [3.63, 3.8) is 0 Å². The highest BCUT2D eigenvalue weighted by Crippen LogP contribution is 2.28. The number of rotatable bonds is 4. The molecule has 1 aliphatic carbocycles. The highest BCUT2D eigenvalue weighted by molar-refractivity contribution is 5.71. The largest absolute Gasteiger partial charge is 0.398 e. The molecular formula is C15H20FN5. The van der Waals surface area contributed by atoms with Gasteiger partial charge in [-0.15, -0.1) is 5.10 Å². The lowest BCUT2D eigenvalue weighted by Crippen LogP contribution is -2.12. The van der Waals surface area contributed by atoms with Crippen molar-refractivity contribution in [2.75, 3.05) is 5.73 Å². The highest BCUT2D eigenvalue weighted by Gasteiger charge is 2.16. The molecule has 0 aliphatic heterocycles. The lowest BCUT2D eigenvalue weighted by atomic mass is 9.87. The molecule has 112 valence electrons. The number of aryl methyl sites for hydroxylation is 1. The van der Waals surface area contributed by atoms with Crippen molar-refractivity contribution >= 4 is 5.69 Å². The van der Waals surface area contributed by atoms with Crippen LogP contribution < -0.4 is 5.73 Å². The fourth-order valence-electron chi connectivity index (χ4n) is 3.05. The number of anilines is 1. The molecule has 1 heterocycles. The third-order valence-electron chi connectivity index (χ3n) is 4.26. The van der Waals surface area contributed by atoms with Crippen LogP contribution in [0.1, 0.15) is 38.5 Å². The Bertz CT molecular complexity index is 604. The lowest BCUT2D eigenvalue weighted by molar-refractivity contribution is 0.318. The van der Waals surface area contributed by atoms with Crippen LogP contribution >= 0.6 is 0 Å². The van der Waals surface area contributed by atoms with Gasteiger partial charge in [0.2, 0.25) is 0 Å². The number of tetrazole rings is 1. The minimum atomic E-state index is -0.332. The van der Waals surface area contributed by atoms with Crippen LogP contribution in [0.4, 0.5) is 10.1 Å². The molecule has 0 spiro atoms. The Morgan fingerprint density at radius 3 is 2.86 bits per heavy atom. The second kappa shape index (κ2) is 6.20. The molecule has 2 N–H and O–H groups in total. The normalized spacial score (nSPS) is 16.2. The lowest BCUT2D eigenvalue weighted by Gasteiger charge is -2.21. The maximum atomic E-state index is 13.4. The van der Waals surface area contributed by atoms with E-state index in [0.29, 0.717) is 17.1 Å². The van der Waals surface area contributed by atoms with Crippen LogP contribution in [0, 0.1) is 11.7 Å². The van der Waals surface area contributed by atoms with Gasteiger partial charge < -0.3 is 5.73 Å². The third kappa shape index (κ3) is 3.20. The van der Waals surface area contributed by atoms with E-state index >= 15 is 0 Å². The first-order valence-corrected chi connectivity index (χ1v) is 7.55. The average molecular weight is 289 g/mol. The van der Waals surface area contributed by atoms with Gasteiger partial charge in [-0.05, 0) is 41.0 Å². The summed E-state index contributed by atoms with van der Waals surface area (Å²) in [5, 5.41) is 11.8. The zero-order valence-electron chi connectivity index (χ0n) is 12.0. The second-order valence-corrected chi connectivity index (χ2v) is 5.75. The summed E-state index contributed by atoms with van der Waals surface area (Å²) < 4.78 is 15.1. The first-order chi connectivity index (χ1) is 10.2. The number of halogens is 1. The molecule has 0 atom stereocenters. The first-order valence-electron chi connectivity index (χ1n) is 7.55. The van der Waals surface area contributed by atoms with Crippen LogP contribution in [0.15, 0.2) is 18.2 Å². The Labute approximate surface area is 123 Å². The number of hydrogen-bond acceptors (Lipinski definition) is 4. The summed E-state index contributed by atoms with van der Waals surface area (Å²) in [5.74, 6) is 0.962. The predicted octanol–water partition coefficient (Wildman–Crippen LogP) is 3.03. The van der Waals surface area contributed by atoms with Gasteiger partial charge in [-0.1, -0.05) is 32.1 Å². The van der Waals surface area contributed by atoms with E-state index in [1.807, 2.05) is 0 Å². The van der Waals surface area contributed by atoms with Crippen molar-refractivity contribution in [3.8, 4) is 11.4 Å². The van der Waals surface area contributed by atoms with E-state index in [1.54, 1.807) is 10.7 Å². The van der Waals surface area contributed by atoms with E-state index in [2.05, 4.69) is 15.5 Å². The molecular weight excluding hydrogens is 269 g/mol. The third-order valence-corrected chi connectivity index (χ3v) is 4.26. The SMILES string of the molecule is Nc1ccc(F)cc1-c1nnnn1CCC1CCCCC1. The number of nitrogens with two attached hydrogens (primary N) is 1. The van der Waals surface area contributed by atoms with Crippen LogP contribution in [0.25, 0.3) is 11.4 Å². The van der Waals surface area contributed by atoms with Crippen LogP contribution in [0.2, 0.25) is 0 Å². The molecule has 0 unspecified atom stereocenters. The minimum absolute atomic E-state index is 0.332. The molecule has 1 fully saturated rings. The van der Waals surface area contributed by atoms with Gasteiger partial charge >= 0.3 is 0 Å². The van der Waals surface area contributed by atoms with Crippen LogP contribution in [0.5, 0.6) is 0 Å². The Balaban J connectivity index is 1.75. The molecule has 0 saturated heterocycles. The minimum Gasteiger partial charge on any atom is -0.398 e. The maximum absolute atomic E-state index is 13.4. The monoisotopic (exact) mass is 289 g/mol. The quantitative estimate of drug-likeness (QED) is 0.878. The summed E-state index contributed by atoms with van der Waals surface area (Å²) in [6, 6.07) is 4.28. The molecule has 6 heteroatoms. The molecule has 2 aromatic rings. The van der Waals surface area contributed by atoms with Gasteiger partial charge in [-0.2, -0.15) is 0 Å². The molecule has 1 saturated carbocycles. The van der Waals surface area contributed by atoms with Crippen molar-refractivity contribution in [3.05, 3.63) is 24.0 Å². The van der Waals surface area contributed by atoms with Gasteiger partial charge in [0.25, 0.3) is 0 Å². The molecule has 1 aromatic carbocycles. The summed E-state index contributed by atoms with van der Waals surface area (Å²) in [5.41, 5.74) is 6.96. The number of hydrogen-bond donors (Lipinski definition) is 1. The summed E-state index contributed by atoms with van der Waals surface area (Å²) >= 11 is 0. The van der Waals surface area contributed by atoms with E-state index in [4.69, 9.17) is 5.73 Å². The summed E-state index contributed by atoms with van der Waals surface area (Å²) in [6.45, 7) is 0.753. The molecule has 1 aliphatic rings. The van der Waals surface area contributed by atoms with E-state index in [9.17, 15) is 4.39 Å². The fraction of sp³-hybridized carbons (Fsp3) is 0.533. The summed E-state index contributed by atoms with van der Waals surface area (Å²) in [7, 11) is 0. The van der Waals surface area contributed by atoms with Crippen molar-refractivity contribution in [1.82, 2.24) is 20.2 Å². The van der Waals surface area contributed by atoms with Crippen molar-refractivity contribution in [2.24, 2.45) is 5.92 Å². The molecule has 21 heavy (non-hydrogen) atoms. The van der Waals surface area contributed by atoms with Crippen LogP contribution in [-0.4, -0.2) is 20.2 Å². The summed E-state index contributed by atoms with van der Waals surface area (Å²) in [4.78, 5) is 0. The number of nitrogens with zero attached hydrogens (tertiary/aromatic N) is 4. The molecule has 0 amide bonds. The Hall–Kier alpha value is -1.98. The summed E-state index contributed by atoms with van der Waals surface area (Å²) in [6.07, 6.45) is 7.65. The topological polar surface area (TPSA) is 69.6 Å². The number of nitrogen functional groups attached to an aromatic ring is 1. The van der Waals surface area contributed by atoms with Crippen molar-refractivity contribution in [1.29, 1.82) is 0 Å².